The summed E-state index contributed by atoms with van der Waals surface area (Å²) in [4.78, 5) is 14.2. The summed E-state index contributed by atoms with van der Waals surface area (Å²) in [5.74, 6) is -0.0798. The van der Waals surface area contributed by atoms with Gasteiger partial charge in [-0.3, -0.25) is 4.79 Å². The number of hydrogen-bond donors (Lipinski definition) is 1. The molecule has 1 rings (SSSR count). The third-order valence-electron chi connectivity index (χ3n) is 1.41. The van der Waals surface area contributed by atoms with Crippen molar-refractivity contribution >= 4 is 5.91 Å². The number of aromatic nitrogens is 2. The number of rotatable bonds is 3. The van der Waals surface area contributed by atoms with E-state index < -0.39 is 0 Å². The molecule has 0 spiro atoms. The lowest BCUT2D eigenvalue weighted by molar-refractivity contribution is -0.118. The quantitative estimate of drug-likeness (QED) is 0.661. The molecular weight excluding hydrogens is 156 g/mol. The monoisotopic (exact) mass is 164 g/mol. The largest absolute Gasteiger partial charge is 0.370 e. The second kappa shape index (κ2) is 3.53. The van der Waals surface area contributed by atoms with Crippen LogP contribution < -0.4 is 5.73 Å². The SMILES string of the molecule is N#Cc1nccn1CCC(N)=O. The van der Waals surface area contributed by atoms with E-state index in [-0.39, 0.29) is 12.3 Å². The van der Waals surface area contributed by atoms with Crippen molar-refractivity contribution in [3.63, 3.8) is 0 Å². The lowest BCUT2D eigenvalue weighted by Gasteiger charge is -1.99. The van der Waals surface area contributed by atoms with Gasteiger partial charge in [0, 0.05) is 25.4 Å². The average Bonchev–Trinajstić information content (AvgIpc) is 2.47. The Balaban J connectivity index is 2.64. The first kappa shape index (κ1) is 8.27. The van der Waals surface area contributed by atoms with Gasteiger partial charge in [0.05, 0.1) is 0 Å². The summed E-state index contributed by atoms with van der Waals surface area (Å²) < 4.78 is 1.59. The van der Waals surface area contributed by atoms with Crippen molar-refractivity contribution in [3.05, 3.63) is 18.2 Å². The van der Waals surface area contributed by atoms with Crippen LogP contribution >= 0.6 is 0 Å². The van der Waals surface area contributed by atoms with Crippen LogP contribution in [0.2, 0.25) is 0 Å². The lowest BCUT2D eigenvalue weighted by atomic mass is 10.4. The molecule has 2 N–H and O–H groups in total. The van der Waals surface area contributed by atoms with E-state index in [2.05, 4.69) is 4.98 Å². The fourth-order valence-corrected chi connectivity index (χ4v) is 0.833. The molecule has 1 amide bonds. The summed E-state index contributed by atoms with van der Waals surface area (Å²) in [6.07, 6.45) is 3.38. The van der Waals surface area contributed by atoms with E-state index in [0.29, 0.717) is 12.4 Å². The number of carbonyl (C=O) groups excluding carboxylic acids is 1. The van der Waals surface area contributed by atoms with E-state index in [1.54, 1.807) is 10.8 Å². The van der Waals surface area contributed by atoms with E-state index in [4.69, 9.17) is 11.0 Å². The summed E-state index contributed by atoms with van der Waals surface area (Å²) in [5.41, 5.74) is 4.94. The van der Waals surface area contributed by atoms with Crippen molar-refractivity contribution in [1.82, 2.24) is 9.55 Å². The Hall–Kier alpha value is -1.83. The highest BCUT2D eigenvalue weighted by molar-refractivity contribution is 5.73. The molecular formula is C7H8N4O. The molecule has 0 atom stereocenters. The van der Waals surface area contributed by atoms with Gasteiger partial charge in [-0.2, -0.15) is 5.26 Å². The highest BCUT2D eigenvalue weighted by Gasteiger charge is 2.01. The maximum absolute atomic E-state index is 10.4. The smallest absolute Gasteiger partial charge is 0.219 e. The predicted octanol–water partition coefficient (Wildman–Crippen LogP) is -0.370. The van der Waals surface area contributed by atoms with Crippen molar-refractivity contribution < 1.29 is 4.79 Å². The van der Waals surface area contributed by atoms with Crippen LogP contribution in [0.5, 0.6) is 0 Å². The number of nitrogens with zero attached hydrogens (tertiary/aromatic N) is 3. The number of imidazole rings is 1. The third-order valence-corrected chi connectivity index (χ3v) is 1.41. The molecule has 0 saturated carbocycles. The number of hydrogen-bond acceptors (Lipinski definition) is 3. The van der Waals surface area contributed by atoms with Gasteiger partial charge in [-0.05, 0) is 0 Å². The van der Waals surface area contributed by atoms with Crippen LogP contribution in [0.4, 0.5) is 0 Å². The molecule has 0 aliphatic heterocycles. The molecule has 0 bridgehead atoms. The highest BCUT2D eigenvalue weighted by atomic mass is 16.1. The highest BCUT2D eigenvalue weighted by Crippen LogP contribution is 1.96. The Labute approximate surface area is 69.4 Å². The molecule has 0 fully saturated rings. The second-order valence-electron chi connectivity index (χ2n) is 2.27. The van der Waals surface area contributed by atoms with E-state index in [1.807, 2.05) is 6.07 Å². The molecule has 0 saturated heterocycles. The first-order valence-electron chi connectivity index (χ1n) is 3.43. The van der Waals surface area contributed by atoms with Crippen molar-refractivity contribution in [2.24, 2.45) is 5.73 Å². The van der Waals surface area contributed by atoms with Gasteiger partial charge in [-0.1, -0.05) is 0 Å². The van der Waals surface area contributed by atoms with Crippen molar-refractivity contribution in [2.45, 2.75) is 13.0 Å². The standard InChI is InChI=1S/C7H8N4O/c8-5-7-10-2-4-11(7)3-1-6(9)12/h2,4H,1,3H2,(H2,9,12). The van der Waals surface area contributed by atoms with E-state index in [0.717, 1.165) is 0 Å². The molecule has 0 aliphatic rings. The van der Waals surface area contributed by atoms with Gasteiger partial charge in [0.25, 0.3) is 0 Å². The summed E-state index contributed by atoms with van der Waals surface area (Å²) in [6, 6.07) is 1.90. The van der Waals surface area contributed by atoms with Crippen molar-refractivity contribution in [1.29, 1.82) is 5.26 Å². The van der Waals surface area contributed by atoms with Crippen LogP contribution in [0.3, 0.4) is 0 Å². The number of amides is 1. The van der Waals surface area contributed by atoms with Crippen molar-refractivity contribution in [3.8, 4) is 6.07 Å². The minimum Gasteiger partial charge on any atom is -0.370 e. The Morgan fingerprint density at radius 2 is 2.58 bits per heavy atom. The molecule has 1 heterocycles. The van der Waals surface area contributed by atoms with Crippen LogP contribution in [0.1, 0.15) is 12.2 Å². The van der Waals surface area contributed by atoms with Gasteiger partial charge in [0.15, 0.2) is 0 Å². The minimum absolute atomic E-state index is 0.227. The van der Waals surface area contributed by atoms with Gasteiger partial charge in [-0.15, -0.1) is 0 Å². The zero-order valence-corrected chi connectivity index (χ0v) is 6.40. The Bertz CT molecular complexity index is 322. The molecule has 0 unspecified atom stereocenters. The molecule has 1 aromatic heterocycles. The summed E-state index contributed by atoms with van der Waals surface area (Å²) in [7, 11) is 0. The topological polar surface area (TPSA) is 84.7 Å². The number of nitriles is 1. The first-order chi connectivity index (χ1) is 5.74. The maximum atomic E-state index is 10.4. The van der Waals surface area contributed by atoms with Crippen LogP contribution in [0, 0.1) is 11.3 Å². The van der Waals surface area contributed by atoms with E-state index >= 15 is 0 Å². The van der Waals surface area contributed by atoms with Gasteiger partial charge < -0.3 is 10.3 Å². The Morgan fingerprint density at radius 3 is 3.17 bits per heavy atom. The number of nitrogens with two attached hydrogens (primary N) is 1. The Kier molecular flexibility index (Phi) is 2.43. The van der Waals surface area contributed by atoms with Crippen LogP contribution in [0.15, 0.2) is 12.4 Å². The molecule has 0 aliphatic carbocycles. The Morgan fingerprint density at radius 1 is 1.83 bits per heavy atom. The molecule has 5 heteroatoms. The summed E-state index contributed by atoms with van der Waals surface area (Å²) >= 11 is 0. The first-order valence-corrected chi connectivity index (χ1v) is 3.43. The molecule has 5 nitrogen and oxygen atoms in total. The minimum atomic E-state index is -0.382. The fraction of sp³-hybridized carbons (Fsp3) is 0.286. The average molecular weight is 164 g/mol. The summed E-state index contributed by atoms with van der Waals surface area (Å²) in [5, 5.41) is 8.52. The van der Waals surface area contributed by atoms with Gasteiger partial charge in [0.2, 0.25) is 11.7 Å². The number of primary amides is 1. The van der Waals surface area contributed by atoms with Gasteiger partial charge >= 0.3 is 0 Å². The maximum Gasteiger partial charge on any atom is 0.219 e. The van der Waals surface area contributed by atoms with Crippen LogP contribution in [0.25, 0.3) is 0 Å². The molecule has 62 valence electrons. The van der Waals surface area contributed by atoms with E-state index in [9.17, 15) is 4.79 Å². The zero-order chi connectivity index (χ0) is 8.97. The summed E-state index contributed by atoms with van der Waals surface area (Å²) in [6.45, 7) is 0.415. The second-order valence-corrected chi connectivity index (χ2v) is 2.27. The van der Waals surface area contributed by atoms with E-state index in [1.165, 1.54) is 6.20 Å². The molecule has 1 aromatic rings. The van der Waals surface area contributed by atoms with Gasteiger partial charge in [0.1, 0.15) is 6.07 Å². The van der Waals surface area contributed by atoms with Crippen LogP contribution in [-0.2, 0) is 11.3 Å². The van der Waals surface area contributed by atoms with Crippen molar-refractivity contribution in [2.75, 3.05) is 0 Å². The molecule has 0 aromatic carbocycles. The fourth-order valence-electron chi connectivity index (χ4n) is 0.833. The van der Waals surface area contributed by atoms with Gasteiger partial charge in [-0.25, -0.2) is 4.98 Å². The predicted molar refractivity (Wildman–Crippen MR) is 40.8 cm³/mol. The lowest BCUT2D eigenvalue weighted by Crippen LogP contribution is -2.14. The molecule has 12 heavy (non-hydrogen) atoms. The number of carbonyl (C=O) groups is 1. The number of aryl methyl sites for hydroxylation is 1. The normalized spacial score (nSPS) is 9.25. The zero-order valence-electron chi connectivity index (χ0n) is 6.40. The van der Waals surface area contributed by atoms with Crippen LogP contribution in [-0.4, -0.2) is 15.5 Å². The third kappa shape index (κ3) is 1.83. The molecule has 0 radical (unpaired) electrons.